The van der Waals surface area contributed by atoms with Crippen molar-refractivity contribution >= 4 is 47.4 Å². The van der Waals surface area contributed by atoms with Crippen LogP contribution in [0.15, 0.2) is 103 Å². The Labute approximate surface area is 630 Å². The van der Waals surface area contributed by atoms with Gasteiger partial charge in [-0.05, 0) is 64.9 Å². The Morgan fingerprint density at radius 1 is 0.564 bits per heavy atom. The summed E-state index contributed by atoms with van der Waals surface area (Å²) in [7, 11) is 0. The highest BCUT2D eigenvalue weighted by molar-refractivity contribution is 5.98. The summed E-state index contributed by atoms with van der Waals surface area (Å²) in [6.07, 6.45) is -31.1. The van der Waals surface area contributed by atoms with E-state index >= 15 is 14.4 Å². The van der Waals surface area contributed by atoms with Crippen molar-refractivity contribution in [3.8, 4) is 17.2 Å². The molecule has 0 aliphatic carbocycles. The van der Waals surface area contributed by atoms with Crippen LogP contribution < -0.4 is 57.3 Å². The average Bonchev–Trinajstić information content (AvgIpc) is 1.14. The molecule has 26 unspecified atom stereocenters. The normalized spacial score (nSPS) is 34.5. The van der Waals surface area contributed by atoms with Crippen molar-refractivity contribution in [1.29, 1.82) is 10.8 Å². The molecule has 23 N–H and O–H groups in total. The van der Waals surface area contributed by atoms with Crippen LogP contribution in [0.1, 0.15) is 68.6 Å². The van der Waals surface area contributed by atoms with Gasteiger partial charge in [-0.2, -0.15) is 0 Å². The molecule has 110 heavy (non-hydrogen) atoms. The van der Waals surface area contributed by atoms with Crippen LogP contribution in [0.25, 0.3) is 0 Å². The third-order valence-corrected chi connectivity index (χ3v) is 20.4. The fraction of sp³-hybridized carbons (Fsp3) is 0.556. The van der Waals surface area contributed by atoms with Gasteiger partial charge in [-0.1, -0.05) is 94.4 Å². The number of hydrogen-bond acceptors (Lipinski definition) is 28. The summed E-state index contributed by atoms with van der Waals surface area (Å²) in [6, 6.07) is 15.7. The summed E-state index contributed by atoms with van der Waals surface area (Å²) in [5, 5.41) is 174. The summed E-state index contributed by atoms with van der Waals surface area (Å²) in [4.78, 5) is 89.1. The van der Waals surface area contributed by atoms with Gasteiger partial charge in [0.2, 0.25) is 41.7 Å². The average molecular weight is 1550 g/mol. The monoisotopic (exact) mass is 1540 g/mol. The number of rotatable bonds is 20. The lowest BCUT2D eigenvalue weighted by atomic mass is 9.87. The second-order valence-corrected chi connectivity index (χ2v) is 28.9. The quantitative estimate of drug-likeness (QED) is 0.0391. The number of aliphatic hydroxyl groups is 12. The van der Waals surface area contributed by atoms with Crippen molar-refractivity contribution < 1.29 is 128 Å². The molecular weight excluding hydrogens is 1450 g/mol. The highest BCUT2D eigenvalue weighted by atomic mass is 16.8. The molecule has 0 bridgehead atoms. The van der Waals surface area contributed by atoms with Crippen molar-refractivity contribution in [2.45, 2.75) is 205 Å². The van der Waals surface area contributed by atoms with E-state index in [0.717, 1.165) is 10.5 Å². The van der Waals surface area contributed by atoms with E-state index < -0.39 is 239 Å². The molecule has 4 aromatic rings. The van der Waals surface area contributed by atoms with E-state index in [-0.39, 0.29) is 42.3 Å². The zero-order valence-electron chi connectivity index (χ0n) is 60.2. The van der Waals surface area contributed by atoms with Crippen LogP contribution in [0.4, 0.5) is 0 Å². The number of ether oxygens (including phenoxy) is 8. The van der Waals surface area contributed by atoms with Gasteiger partial charge in [0.05, 0.1) is 45.1 Å². The molecule has 26 atom stereocenters. The third kappa shape index (κ3) is 18.5. The molecule has 38 heteroatoms. The van der Waals surface area contributed by atoms with Crippen molar-refractivity contribution in [2.75, 3.05) is 46.1 Å². The van der Waals surface area contributed by atoms with E-state index in [9.17, 15) is 75.7 Å². The van der Waals surface area contributed by atoms with Crippen LogP contribution in [0.2, 0.25) is 0 Å². The molecular formula is C72H96N12O26. The molecule has 600 valence electrons. The van der Waals surface area contributed by atoms with Gasteiger partial charge >= 0.3 is 0 Å². The molecule has 0 radical (unpaired) electrons. The van der Waals surface area contributed by atoms with Gasteiger partial charge in [0.15, 0.2) is 30.7 Å². The molecule has 0 saturated carbocycles. The number of carbonyl (C=O) groups excluding carboxylic acids is 6. The zero-order valence-corrected chi connectivity index (χ0v) is 60.2. The lowest BCUT2D eigenvalue weighted by molar-refractivity contribution is -0.383. The topological polar surface area (TPSA) is 578 Å². The van der Waals surface area contributed by atoms with Gasteiger partial charge in [0, 0.05) is 31.0 Å². The summed E-state index contributed by atoms with van der Waals surface area (Å²) in [6.45, 7) is 3.30. The van der Waals surface area contributed by atoms with E-state index in [0.29, 0.717) is 22.6 Å². The van der Waals surface area contributed by atoms with Gasteiger partial charge in [0.25, 0.3) is 0 Å². The van der Waals surface area contributed by atoms with Gasteiger partial charge in [0.1, 0.15) is 133 Å². The number of hydrogen-bond donors (Lipinski definition) is 23. The van der Waals surface area contributed by atoms with Crippen molar-refractivity contribution in [2.24, 2.45) is 0 Å². The summed E-state index contributed by atoms with van der Waals surface area (Å²) in [5.41, 5.74) is 2.43. The Morgan fingerprint density at radius 3 is 1.82 bits per heavy atom. The first-order valence-electron chi connectivity index (χ1n) is 36.0. The van der Waals surface area contributed by atoms with Gasteiger partial charge in [-0.3, -0.25) is 39.6 Å². The molecule has 7 heterocycles. The van der Waals surface area contributed by atoms with Crippen molar-refractivity contribution in [1.82, 2.24) is 52.8 Å². The number of nitrogens with zero attached hydrogens (tertiary/aromatic N) is 1. The molecule has 7 fully saturated rings. The number of nitrogens with one attached hydrogen (secondary N) is 11. The first-order chi connectivity index (χ1) is 52.5. The molecule has 11 rings (SSSR count). The first-order valence-corrected chi connectivity index (χ1v) is 36.0. The minimum atomic E-state index is -2.36. The maximum atomic E-state index is 15.3. The first kappa shape index (κ1) is 82.1. The highest BCUT2D eigenvalue weighted by Crippen LogP contribution is 2.38. The second-order valence-electron chi connectivity index (χ2n) is 28.9. The van der Waals surface area contributed by atoms with E-state index in [1.165, 1.54) is 24.3 Å². The SMILES string of the molecule is CCC(c1ccccc1)C1NC(=O)CNC(=O)C(CO)NC(=O)C(C(O)C2CNC(=N)N2C2OC(CO)C(O)C(O)C2O)NC(=O)C(C(O)C2CNC(=N)N2)NC(=O)C(Cc2ccc(OC3OC(CO)C(OC4OC5COC(c6ccc(Oc7ccc(C(C)(C)C)cc7)cc6)OC5C(O)C4O)C(O)C3O)cc2)NC1=O. The van der Waals surface area contributed by atoms with Crippen LogP contribution in [0, 0.1) is 10.8 Å². The number of fused-ring (bicyclic) bond motifs is 1. The van der Waals surface area contributed by atoms with Crippen LogP contribution in [0.5, 0.6) is 17.2 Å². The van der Waals surface area contributed by atoms with E-state index in [1.807, 2.05) is 24.3 Å². The summed E-state index contributed by atoms with van der Waals surface area (Å²) >= 11 is 0. The highest BCUT2D eigenvalue weighted by Gasteiger charge is 2.56. The lowest BCUT2D eigenvalue weighted by Gasteiger charge is -2.48. The van der Waals surface area contributed by atoms with Gasteiger partial charge in [-0.25, -0.2) is 0 Å². The third-order valence-electron chi connectivity index (χ3n) is 20.4. The fourth-order valence-electron chi connectivity index (χ4n) is 14.2. The zero-order chi connectivity index (χ0) is 79.2. The van der Waals surface area contributed by atoms with Crippen LogP contribution in [-0.2, 0) is 69.0 Å². The molecule has 38 nitrogen and oxygen atoms in total. The minimum absolute atomic E-state index is 0.0365. The minimum Gasteiger partial charge on any atom is -0.462 e. The number of guanidine groups is 2. The molecule has 0 spiro atoms. The van der Waals surface area contributed by atoms with Crippen LogP contribution >= 0.6 is 0 Å². The Kier molecular flexibility index (Phi) is 26.6. The van der Waals surface area contributed by atoms with Gasteiger partial charge in [-0.15, -0.1) is 0 Å². The lowest BCUT2D eigenvalue weighted by Crippen LogP contribution is -2.69. The number of aliphatic hydroxyl groups excluding tert-OH is 12. The van der Waals surface area contributed by atoms with E-state index in [1.54, 1.807) is 61.5 Å². The Balaban J connectivity index is 0.812. The second kappa shape index (κ2) is 35.6. The smallest absolute Gasteiger partial charge is 0.246 e. The Hall–Kier alpha value is -8.88. The predicted molar refractivity (Wildman–Crippen MR) is 378 cm³/mol. The molecule has 7 aliphatic heterocycles. The molecule has 7 saturated heterocycles. The largest absolute Gasteiger partial charge is 0.462 e. The maximum absolute atomic E-state index is 15.3. The van der Waals surface area contributed by atoms with E-state index in [2.05, 4.69) is 68.6 Å². The number of amides is 6. The standard InChI is InChI=1S/C72H96N12O26/c1-5-38(32-9-7-6-8-10-32)47-63(100)78-39(62(99)82-48(50(89)40-24-76-70(73)80-40)65(102)83-49(64(101)79-41(27-85)61(98)75-26-46(88)81-47)51(90)42-25-77-71(74)84(42)66-56(95)53(92)52(91)43(28-86)106-66)23-31-11-17-37(18-12-31)105-68-57(96)54(93)59(44(29-87)107-68)110-69-58(97)55(94)60-45(108-69)30-103-67(109-60)33-13-19-35(20-14-33)104-36-21-15-34(16-22-36)72(2,3)4/h6-22,38-45,47-60,66-69,85-87,89-97H,5,23-30H2,1-4H3,(H2,74,77)(H,75,98)(H,78,100)(H,79,101)(H,81,88)(H,82,99)(H,83,102)(H3,73,76,80). The predicted octanol–water partition coefficient (Wildman–Crippen LogP) is -6.95. The molecule has 6 amide bonds. The number of carbonyl (C=O) groups is 6. The number of benzene rings is 4. The van der Waals surface area contributed by atoms with Crippen molar-refractivity contribution in [3.63, 3.8) is 0 Å². The Bertz CT molecular complexity index is 3850. The van der Waals surface area contributed by atoms with Crippen LogP contribution in [0.3, 0.4) is 0 Å². The maximum Gasteiger partial charge on any atom is 0.246 e. The van der Waals surface area contributed by atoms with Gasteiger partial charge < -0.3 is 152 Å². The summed E-state index contributed by atoms with van der Waals surface area (Å²) < 4.78 is 47.8. The summed E-state index contributed by atoms with van der Waals surface area (Å²) in [5.74, 6) is -7.99. The van der Waals surface area contributed by atoms with E-state index in [4.69, 9.17) is 48.7 Å². The van der Waals surface area contributed by atoms with Crippen molar-refractivity contribution in [3.05, 3.63) is 125 Å². The molecule has 4 aromatic carbocycles. The van der Waals surface area contributed by atoms with Crippen LogP contribution in [-0.4, -0.2) is 306 Å². The fourth-order valence-corrected chi connectivity index (χ4v) is 14.2. The molecule has 0 aromatic heterocycles. The molecule has 7 aliphatic rings. The Morgan fingerprint density at radius 2 is 1.18 bits per heavy atom.